The van der Waals surface area contributed by atoms with Crippen molar-refractivity contribution < 1.29 is 14.3 Å². The smallest absolute Gasteiger partial charge is 0.261 e. The monoisotopic (exact) mass is 461 g/mol. The predicted octanol–water partition coefficient (Wildman–Crippen LogP) is 5.27. The first kappa shape index (κ1) is 23.9. The highest BCUT2D eigenvalue weighted by Crippen LogP contribution is 2.19. The Balaban J connectivity index is 1.64. The highest BCUT2D eigenvalue weighted by atomic mass is 32.1. The zero-order valence-electron chi connectivity index (χ0n) is 18.7. The van der Waals surface area contributed by atoms with Gasteiger partial charge >= 0.3 is 0 Å². The highest BCUT2D eigenvalue weighted by molar-refractivity contribution is 7.80. The van der Waals surface area contributed by atoms with Crippen molar-refractivity contribution in [2.24, 2.45) is 0 Å². The van der Waals surface area contributed by atoms with Gasteiger partial charge in [-0.25, -0.2) is 0 Å². The van der Waals surface area contributed by atoms with Crippen molar-refractivity contribution in [3.05, 3.63) is 90.0 Å². The van der Waals surface area contributed by atoms with Crippen LogP contribution in [0.3, 0.4) is 0 Å². The molecule has 0 unspecified atom stereocenters. The fourth-order valence-corrected chi connectivity index (χ4v) is 3.34. The first-order chi connectivity index (χ1) is 16.0. The molecule has 0 heterocycles. The molecule has 33 heavy (non-hydrogen) atoms. The molecule has 2 amide bonds. The summed E-state index contributed by atoms with van der Waals surface area (Å²) in [6.07, 6.45) is 1.91. The minimum absolute atomic E-state index is 0.129. The Morgan fingerprint density at radius 1 is 0.970 bits per heavy atom. The standard InChI is InChI=1S/C26H27N3O3S/c1-3-4-17-32-23-16-9-8-15-22(23)24(30)28-26(33)27-20-12-10-11-19(18-20)25(31)29(2)21-13-6-5-7-14-21/h5-16,18H,3-4,17H2,1-2H3,(H2,27,28,30,33). The lowest BCUT2D eigenvalue weighted by atomic mass is 10.1. The van der Waals surface area contributed by atoms with E-state index in [2.05, 4.69) is 17.6 Å². The van der Waals surface area contributed by atoms with Gasteiger partial charge in [-0.1, -0.05) is 49.7 Å². The molecule has 0 fully saturated rings. The van der Waals surface area contributed by atoms with Gasteiger partial charge in [-0.3, -0.25) is 14.9 Å². The number of hydrogen-bond donors (Lipinski definition) is 2. The minimum Gasteiger partial charge on any atom is -0.493 e. The molecule has 3 aromatic carbocycles. The lowest BCUT2D eigenvalue weighted by molar-refractivity contribution is 0.0970. The summed E-state index contributed by atoms with van der Waals surface area (Å²) in [7, 11) is 1.72. The molecule has 6 nitrogen and oxygen atoms in total. The zero-order valence-corrected chi connectivity index (χ0v) is 19.5. The van der Waals surface area contributed by atoms with E-state index in [1.807, 2.05) is 36.4 Å². The third-order valence-corrected chi connectivity index (χ3v) is 5.13. The summed E-state index contributed by atoms with van der Waals surface area (Å²) >= 11 is 5.32. The fraction of sp³-hybridized carbons (Fsp3) is 0.192. The van der Waals surface area contributed by atoms with Crippen molar-refractivity contribution in [3.63, 3.8) is 0 Å². The van der Waals surface area contributed by atoms with Crippen LogP contribution in [0.1, 0.15) is 40.5 Å². The van der Waals surface area contributed by atoms with Gasteiger partial charge in [0.2, 0.25) is 0 Å². The third kappa shape index (κ3) is 6.63. The number of carbonyl (C=O) groups is 2. The number of benzene rings is 3. The van der Waals surface area contributed by atoms with Gasteiger partial charge in [0.1, 0.15) is 5.75 Å². The molecule has 7 heteroatoms. The number of ether oxygens (including phenoxy) is 1. The van der Waals surface area contributed by atoms with Crippen LogP contribution in [0.5, 0.6) is 5.75 Å². The number of thiocarbonyl (C=S) groups is 1. The van der Waals surface area contributed by atoms with Crippen LogP contribution in [0.15, 0.2) is 78.9 Å². The molecule has 0 saturated heterocycles. The predicted molar refractivity (Wildman–Crippen MR) is 136 cm³/mol. The second kappa shape index (κ2) is 11.8. The van der Waals surface area contributed by atoms with Crippen molar-refractivity contribution in [2.75, 3.05) is 23.9 Å². The summed E-state index contributed by atoms with van der Waals surface area (Å²) in [6.45, 7) is 2.62. The number of unbranched alkanes of at least 4 members (excludes halogenated alkanes) is 1. The van der Waals surface area contributed by atoms with Crippen LogP contribution in [0.4, 0.5) is 11.4 Å². The summed E-state index contributed by atoms with van der Waals surface area (Å²) in [5, 5.41) is 5.78. The molecule has 0 radical (unpaired) electrons. The average molecular weight is 462 g/mol. The molecule has 2 N–H and O–H groups in total. The maximum atomic E-state index is 12.9. The van der Waals surface area contributed by atoms with Crippen LogP contribution < -0.4 is 20.3 Å². The number of amides is 2. The number of anilines is 2. The summed E-state index contributed by atoms with van der Waals surface area (Å²) in [6, 6.07) is 23.4. The van der Waals surface area contributed by atoms with Crippen LogP contribution in [0, 0.1) is 0 Å². The van der Waals surface area contributed by atoms with Gasteiger partial charge in [0.25, 0.3) is 11.8 Å². The SMILES string of the molecule is CCCCOc1ccccc1C(=O)NC(=S)Nc1cccc(C(=O)N(C)c2ccccc2)c1. The summed E-state index contributed by atoms with van der Waals surface area (Å²) in [4.78, 5) is 27.2. The first-order valence-electron chi connectivity index (χ1n) is 10.8. The summed E-state index contributed by atoms with van der Waals surface area (Å²) in [5.41, 5.74) is 2.30. The van der Waals surface area contributed by atoms with Gasteiger partial charge in [0, 0.05) is 24.0 Å². The van der Waals surface area contributed by atoms with E-state index in [0.717, 1.165) is 18.5 Å². The maximum Gasteiger partial charge on any atom is 0.261 e. The zero-order chi connectivity index (χ0) is 23.6. The highest BCUT2D eigenvalue weighted by Gasteiger charge is 2.16. The van der Waals surface area contributed by atoms with Gasteiger partial charge in [0.15, 0.2) is 5.11 Å². The molecule has 0 saturated carbocycles. The molecule has 3 rings (SSSR count). The van der Waals surface area contributed by atoms with Crippen LogP contribution >= 0.6 is 12.2 Å². The Kier molecular flexibility index (Phi) is 8.55. The van der Waals surface area contributed by atoms with Gasteiger partial charge in [-0.15, -0.1) is 0 Å². The summed E-state index contributed by atoms with van der Waals surface area (Å²) < 4.78 is 5.73. The maximum absolute atomic E-state index is 12.9. The Labute approximate surface area is 199 Å². The van der Waals surface area contributed by atoms with E-state index < -0.39 is 0 Å². The number of rotatable bonds is 8. The average Bonchev–Trinajstić information content (AvgIpc) is 2.84. The van der Waals surface area contributed by atoms with Crippen molar-refractivity contribution in [1.82, 2.24) is 5.32 Å². The van der Waals surface area contributed by atoms with E-state index in [1.54, 1.807) is 54.4 Å². The Morgan fingerprint density at radius 2 is 1.70 bits per heavy atom. The minimum atomic E-state index is -0.365. The second-order valence-electron chi connectivity index (χ2n) is 7.39. The van der Waals surface area contributed by atoms with Crippen molar-refractivity contribution in [3.8, 4) is 5.75 Å². The Hall–Kier alpha value is -3.71. The number of carbonyl (C=O) groups excluding carboxylic acids is 2. The lowest BCUT2D eigenvalue weighted by Crippen LogP contribution is -2.34. The van der Waals surface area contributed by atoms with Crippen LogP contribution in [0.25, 0.3) is 0 Å². The molecule has 0 atom stereocenters. The molecule has 3 aromatic rings. The van der Waals surface area contributed by atoms with Crippen molar-refractivity contribution in [2.45, 2.75) is 19.8 Å². The first-order valence-corrected chi connectivity index (χ1v) is 11.2. The Bertz CT molecular complexity index is 1120. The molecule has 170 valence electrons. The van der Waals surface area contributed by atoms with E-state index in [4.69, 9.17) is 17.0 Å². The topological polar surface area (TPSA) is 70.7 Å². The molecular formula is C26H27N3O3S. The van der Waals surface area contributed by atoms with Gasteiger partial charge in [-0.2, -0.15) is 0 Å². The molecular weight excluding hydrogens is 434 g/mol. The Morgan fingerprint density at radius 3 is 2.45 bits per heavy atom. The normalized spacial score (nSPS) is 10.2. The van der Waals surface area contributed by atoms with E-state index in [1.165, 1.54) is 0 Å². The summed E-state index contributed by atoms with van der Waals surface area (Å²) in [5.74, 6) is -0.00334. The largest absolute Gasteiger partial charge is 0.493 e. The molecule has 0 aliphatic carbocycles. The van der Waals surface area contributed by atoms with E-state index in [-0.39, 0.29) is 16.9 Å². The molecule has 0 spiro atoms. The number of para-hydroxylation sites is 2. The van der Waals surface area contributed by atoms with E-state index >= 15 is 0 Å². The van der Waals surface area contributed by atoms with Gasteiger partial charge in [-0.05, 0) is 61.1 Å². The lowest BCUT2D eigenvalue weighted by Gasteiger charge is -2.18. The fourth-order valence-electron chi connectivity index (χ4n) is 3.13. The van der Waals surface area contributed by atoms with E-state index in [9.17, 15) is 9.59 Å². The number of hydrogen-bond acceptors (Lipinski definition) is 4. The van der Waals surface area contributed by atoms with Crippen molar-refractivity contribution in [1.29, 1.82) is 0 Å². The van der Waals surface area contributed by atoms with Gasteiger partial charge < -0.3 is 15.0 Å². The molecule has 0 aliphatic rings. The molecule has 0 aromatic heterocycles. The second-order valence-corrected chi connectivity index (χ2v) is 7.80. The van der Waals surface area contributed by atoms with Crippen LogP contribution in [-0.4, -0.2) is 30.6 Å². The van der Waals surface area contributed by atoms with Crippen LogP contribution in [-0.2, 0) is 0 Å². The van der Waals surface area contributed by atoms with Crippen LogP contribution in [0.2, 0.25) is 0 Å². The quantitative estimate of drug-likeness (QED) is 0.353. The molecule has 0 bridgehead atoms. The third-order valence-electron chi connectivity index (χ3n) is 4.93. The number of nitrogens with one attached hydrogen (secondary N) is 2. The van der Waals surface area contributed by atoms with Crippen molar-refractivity contribution >= 4 is 40.5 Å². The van der Waals surface area contributed by atoms with E-state index in [0.29, 0.717) is 29.2 Å². The number of nitrogens with zero attached hydrogens (tertiary/aromatic N) is 1. The molecule has 0 aliphatic heterocycles. The van der Waals surface area contributed by atoms with Gasteiger partial charge in [0.05, 0.1) is 12.2 Å².